The van der Waals surface area contributed by atoms with Gasteiger partial charge in [0.1, 0.15) is 6.10 Å². The quantitative estimate of drug-likeness (QED) is 0.234. The van der Waals surface area contributed by atoms with Crippen LogP contribution in [0.1, 0.15) is 43.9 Å². The summed E-state index contributed by atoms with van der Waals surface area (Å²) in [5, 5.41) is 2.29. The zero-order valence-electron chi connectivity index (χ0n) is 21.2. The molecule has 1 N–H and O–H groups in total. The van der Waals surface area contributed by atoms with Crippen LogP contribution in [0.4, 0.5) is 14.9 Å². The molecular formula is C31H28FNO4S. The van der Waals surface area contributed by atoms with Crippen LogP contribution in [0.5, 0.6) is 0 Å². The SMILES string of the molecule is CCOC(=O)C1(c2ccc(-c3ccc(-c4sc(F)cc4NC(=O)OC(C)c4ccccc4)cc3)cc2)CC1. The minimum Gasteiger partial charge on any atom is -0.465 e. The topological polar surface area (TPSA) is 64.6 Å². The fourth-order valence-corrected chi connectivity index (χ4v) is 5.41. The lowest BCUT2D eigenvalue weighted by atomic mass is 9.93. The van der Waals surface area contributed by atoms with Crippen LogP contribution in [0, 0.1) is 5.13 Å². The summed E-state index contributed by atoms with van der Waals surface area (Å²) < 4.78 is 25.0. The number of ether oxygens (including phenoxy) is 2. The zero-order valence-corrected chi connectivity index (χ0v) is 22.0. The lowest BCUT2D eigenvalue weighted by Crippen LogP contribution is -2.23. The molecule has 1 unspecified atom stereocenters. The number of carbonyl (C=O) groups is 2. The van der Waals surface area contributed by atoms with E-state index < -0.39 is 22.7 Å². The molecule has 1 heterocycles. The van der Waals surface area contributed by atoms with Crippen LogP contribution in [0.2, 0.25) is 0 Å². The monoisotopic (exact) mass is 529 g/mol. The smallest absolute Gasteiger partial charge is 0.412 e. The fourth-order valence-electron chi connectivity index (χ4n) is 4.56. The Bertz CT molecular complexity index is 1430. The van der Waals surface area contributed by atoms with Gasteiger partial charge in [-0.15, -0.1) is 11.3 Å². The number of carbonyl (C=O) groups excluding carboxylic acids is 2. The molecule has 1 aliphatic rings. The van der Waals surface area contributed by atoms with Crippen molar-refractivity contribution in [2.45, 2.75) is 38.2 Å². The van der Waals surface area contributed by atoms with Crippen molar-refractivity contribution in [3.8, 4) is 21.6 Å². The summed E-state index contributed by atoms with van der Waals surface area (Å²) in [7, 11) is 0. The summed E-state index contributed by atoms with van der Waals surface area (Å²) in [6.45, 7) is 3.99. The highest BCUT2D eigenvalue weighted by molar-refractivity contribution is 7.14. The molecule has 194 valence electrons. The summed E-state index contributed by atoms with van der Waals surface area (Å²) in [5.41, 5.74) is 4.50. The average molecular weight is 530 g/mol. The van der Waals surface area contributed by atoms with E-state index in [1.165, 1.54) is 6.07 Å². The molecule has 3 aromatic carbocycles. The highest BCUT2D eigenvalue weighted by Gasteiger charge is 2.52. The minimum atomic E-state index is -0.645. The van der Waals surface area contributed by atoms with Gasteiger partial charge in [-0.1, -0.05) is 78.9 Å². The van der Waals surface area contributed by atoms with Gasteiger partial charge < -0.3 is 9.47 Å². The first-order chi connectivity index (χ1) is 18.4. The van der Waals surface area contributed by atoms with E-state index in [2.05, 4.69) is 5.32 Å². The van der Waals surface area contributed by atoms with E-state index in [1.807, 2.05) is 85.8 Å². The summed E-state index contributed by atoms with van der Waals surface area (Å²) in [6, 6.07) is 26.4. The molecule has 4 aromatic rings. The van der Waals surface area contributed by atoms with E-state index in [0.717, 1.165) is 52.0 Å². The third-order valence-electron chi connectivity index (χ3n) is 6.83. The van der Waals surface area contributed by atoms with Crippen LogP contribution in [0.15, 0.2) is 84.9 Å². The number of halogens is 1. The molecule has 0 spiro atoms. The van der Waals surface area contributed by atoms with E-state index in [4.69, 9.17) is 9.47 Å². The van der Waals surface area contributed by atoms with E-state index in [0.29, 0.717) is 17.2 Å². The Morgan fingerprint density at radius 3 is 2.16 bits per heavy atom. The number of hydrogen-bond acceptors (Lipinski definition) is 5. The number of anilines is 1. The molecule has 1 atom stereocenters. The van der Waals surface area contributed by atoms with Gasteiger partial charge in [0.15, 0.2) is 5.13 Å². The molecule has 0 radical (unpaired) electrons. The number of thiophene rings is 1. The molecule has 0 saturated heterocycles. The molecule has 7 heteroatoms. The molecule has 5 rings (SSSR count). The summed E-state index contributed by atoms with van der Waals surface area (Å²) >= 11 is 0.964. The standard InChI is InChI=1S/C31H28FNO4S/c1-3-36-29(34)31(17-18-31)25-15-13-23(14-16-25)22-9-11-24(12-10-22)28-26(19-27(32)38-28)33-30(35)37-20(2)21-7-5-4-6-8-21/h4-16,19-20H,3,17-18H2,1-2H3,(H,33,35). The number of nitrogens with one attached hydrogen (secondary N) is 1. The Labute approximate surface area is 225 Å². The van der Waals surface area contributed by atoms with Gasteiger partial charge >= 0.3 is 12.1 Å². The van der Waals surface area contributed by atoms with Gasteiger partial charge in [0.25, 0.3) is 0 Å². The summed E-state index contributed by atoms with van der Waals surface area (Å²) in [5.74, 6) is -0.150. The predicted octanol–water partition coefficient (Wildman–Crippen LogP) is 8.13. The van der Waals surface area contributed by atoms with Gasteiger partial charge in [0, 0.05) is 6.07 Å². The van der Waals surface area contributed by atoms with Crippen molar-refractivity contribution in [1.82, 2.24) is 0 Å². The van der Waals surface area contributed by atoms with Crippen LogP contribution >= 0.6 is 11.3 Å². The van der Waals surface area contributed by atoms with Crippen molar-refractivity contribution >= 4 is 29.1 Å². The first-order valence-electron chi connectivity index (χ1n) is 12.6. The van der Waals surface area contributed by atoms with Crippen LogP contribution in [0.25, 0.3) is 21.6 Å². The lowest BCUT2D eigenvalue weighted by molar-refractivity contribution is -0.146. The average Bonchev–Trinajstić information content (AvgIpc) is 3.67. The molecule has 1 saturated carbocycles. The third kappa shape index (κ3) is 5.34. The molecule has 1 fully saturated rings. The minimum absolute atomic E-state index is 0.150. The van der Waals surface area contributed by atoms with E-state index in [-0.39, 0.29) is 5.97 Å². The molecule has 1 aromatic heterocycles. The van der Waals surface area contributed by atoms with Crippen molar-refractivity contribution in [1.29, 1.82) is 0 Å². The van der Waals surface area contributed by atoms with Gasteiger partial charge in [-0.05, 0) is 54.5 Å². The third-order valence-corrected chi connectivity index (χ3v) is 7.80. The zero-order chi connectivity index (χ0) is 26.7. The number of benzene rings is 3. The van der Waals surface area contributed by atoms with Crippen molar-refractivity contribution in [2.75, 3.05) is 11.9 Å². The largest absolute Gasteiger partial charge is 0.465 e. The fraction of sp³-hybridized carbons (Fsp3) is 0.226. The van der Waals surface area contributed by atoms with Crippen LogP contribution in [0.3, 0.4) is 0 Å². The molecule has 5 nitrogen and oxygen atoms in total. The predicted molar refractivity (Wildman–Crippen MR) is 148 cm³/mol. The van der Waals surface area contributed by atoms with Crippen LogP contribution in [-0.4, -0.2) is 18.7 Å². The van der Waals surface area contributed by atoms with Crippen LogP contribution < -0.4 is 5.32 Å². The Balaban J connectivity index is 1.29. The summed E-state index contributed by atoms with van der Waals surface area (Å²) in [4.78, 5) is 25.5. The van der Waals surface area contributed by atoms with Gasteiger partial charge in [-0.25, -0.2) is 4.79 Å². The number of amides is 1. The maximum absolute atomic E-state index is 14.2. The van der Waals surface area contributed by atoms with Gasteiger partial charge in [0.05, 0.1) is 22.6 Å². The Morgan fingerprint density at radius 2 is 1.55 bits per heavy atom. The molecule has 38 heavy (non-hydrogen) atoms. The number of hydrogen-bond donors (Lipinski definition) is 1. The summed E-state index contributed by atoms with van der Waals surface area (Å²) in [6.07, 6.45) is 0.535. The number of rotatable bonds is 8. The second-order valence-corrected chi connectivity index (χ2v) is 10.3. The molecule has 1 amide bonds. The van der Waals surface area contributed by atoms with E-state index in [9.17, 15) is 14.0 Å². The molecule has 0 bridgehead atoms. The molecular weight excluding hydrogens is 501 g/mol. The van der Waals surface area contributed by atoms with E-state index in [1.54, 1.807) is 6.92 Å². The van der Waals surface area contributed by atoms with Gasteiger partial charge in [-0.3, -0.25) is 10.1 Å². The highest BCUT2D eigenvalue weighted by Crippen LogP contribution is 2.49. The first-order valence-corrected chi connectivity index (χ1v) is 13.4. The number of esters is 1. The normalized spacial score (nSPS) is 14.4. The van der Waals surface area contributed by atoms with Gasteiger partial charge in [0.2, 0.25) is 0 Å². The van der Waals surface area contributed by atoms with E-state index >= 15 is 0 Å². The Kier molecular flexibility index (Phi) is 7.29. The van der Waals surface area contributed by atoms with Crippen molar-refractivity contribution in [3.63, 3.8) is 0 Å². The van der Waals surface area contributed by atoms with Gasteiger partial charge in [-0.2, -0.15) is 4.39 Å². The maximum Gasteiger partial charge on any atom is 0.412 e. The first kappa shape index (κ1) is 25.7. The lowest BCUT2D eigenvalue weighted by Gasteiger charge is -2.15. The second-order valence-electron chi connectivity index (χ2n) is 9.33. The second kappa shape index (κ2) is 10.8. The van der Waals surface area contributed by atoms with Crippen molar-refractivity contribution in [3.05, 3.63) is 101 Å². The Hall–Kier alpha value is -3.97. The highest BCUT2D eigenvalue weighted by atomic mass is 32.1. The Morgan fingerprint density at radius 1 is 0.947 bits per heavy atom. The van der Waals surface area contributed by atoms with Crippen molar-refractivity contribution in [2.24, 2.45) is 0 Å². The molecule has 0 aliphatic heterocycles. The maximum atomic E-state index is 14.2. The van der Waals surface area contributed by atoms with Crippen molar-refractivity contribution < 1.29 is 23.5 Å². The van der Waals surface area contributed by atoms with Crippen LogP contribution in [-0.2, 0) is 19.7 Å². The molecule has 1 aliphatic carbocycles.